The number of likely N-dealkylation sites (N-methyl/N-ethyl adjacent to an activating group) is 1. The van der Waals surface area contributed by atoms with E-state index in [1.807, 2.05) is 12.1 Å². The van der Waals surface area contributed by atoms with Gasteiger partial charge in [-0.2, -0.15) is 0 Å². The maximum Gasteiger partial charge on any atom is 0.122 e. The fourth-order valence-corrected chi connectivity index (χ4v) is 2.64. The van der Waals surface area contributed by atoms with Crippen molar-refractivity contribution in [2.75, 3.05) is 20.7 Å². The number of nitrogens with zero attached hydrogens (tertiary/aromatic N) is 1. The van der Waals surface area contributed by atoms with Crippen molar-refractivity contribution in [3.8, 4) is 5.75 Å². The monoisotopic (exact) mass is 248 g/mol. The first kappa shape index (κ1) is 13.4. The van der Waals surface area contributed by atoms with Crippen LogP contribution in [0.3, 0.4) is 0 Å². The molecule has 1 aromatic rings. The van der Waals surface area contributed by atoms with Gasteiger partial charge in [0.25, 0.3) is 0 Å². The van der Waals surface area contributed by atoms with Gasteiger partial charge in [0.15, 0.2) is 0 Å². The van der Waals surface area contributed by atoms with Crippen molar-refractivity contribution >= 4 is 0 Å². The van der Waals surface area contributed by atoms with Gasteiger partial charge >= 0.3 is 0 Å². The highest BCUT2D eigenvalue weighted by atomic mass is 16.5. The first-order chi connectivity index (χ1) is 8.63. The van der Waals surface area contributed by atoms with E-state index in [-0.39, 0.29) is 5.54 Å². The van der Waals surface area contributed by atoms with Crippen LogP contribution in [0.5, 0.6) is 5.75 Å². The standard InChI is InChI=1S/C15H24N2O/c1-12(17(2)15(11-16)8-9-15)10-13-6-4-5-7-14(13)18-3/h4-7,12H,8-11,16H2,1-3H3. The summed E-state index contributed by atoms with van der Waals surface area (Å²) in [6.45, 7) is 3.03. The summed E-state index contributed by atoms with van der Waals surface area (Å²) < 4.78 is 5.41. The lowest BCUT2D eigenvalue weighted by Gasteiger charge is -2.33. The van der Waals surface area contributed by atoms with E-state index in [1.165, 1.54) is 18.4 Å². The molecule has 2 rings (SSSR count). The SMILES string of the molecule is COc1ccccc1CC(C)N(C)C1(CN)CC1. The zero-order valence-electron chi connectivity index (χ0n) is 11.6. The van der Waals surface area contributed by atoms with E-state index in [9.17, 15) is 0 Å². The maximum absolute atomic E-state index is 5.89. The summed E-state index contributed by atoms with van der Waals surface area (Å²) in [5, 5.41) is 0. The van der Waals surface area contributed by atoms with Gasteiger partial charge in [0.1, 0.15) is 5.75 Å². The highest BCUT2D eigenvalue weighted by Crippen LogP contribution is 2.41. The van der Waals surface area contributed by atoms with Gasteiger partial charge in [0.05, 0.1) is 7.11 Å². The number of benzene rings is 1. The van der Waals surface area contributed by atoms with Gasteiger partial charge in [-0.05, 0) is 44.9 Å². The van der Waals surface area contributed by atoms with Crippen molar-refractivity contribution in [2.24, 2.45) is 5.73 Å². The molecule has 1 fully saturated rings. The molecule has 18 heavy (non-hydrogen) atoms. The van der Waals surface area contributed by atoms with Gasteiger partial charge < -0.3 is 10.5 Å². The van der Waals surface area contributed by atoms with Crippen LogP contribution in [0, 0.1) is 0 Å². The Morgan fingerprint density at radius 1 is 1.39 bits per heavy atom. The Morgan fingerprint density at radius 2 is 2.06 bits per heavy atom. The van der Waals surface area contributed by atoms with E-state index < -0.39 is 0 Å². The molecule has 0 radical (unpaired) electrons. The molecule has 1 atom stereocenters. The average Bonchev–Trinajstić information content (AvgIpc) is 3.19. The van der Waals surface area contributed by atoms with E-state index in [0.29, 0.717) is 6.04 Å². The Morgan fingerprint density at radius 3 is 2.61 bits per heavy atom. The van der Waals surface area contributed by atoms with Crippen molar-refractivity contribution in [1.29, 1.82) is 0 Å². The maximum atomic E-state index is 5.89. The molecular formula is C15H24N2O. The van der Waals surface area contributed by atoms with Gasteiger partial charge in [-0.3, -0.25) is 4.90 Å². The van der Waals surface area contributed by atoms with Gasteiger partial charge in [-0.15, -0.1) is 0 Å². The molecule has 2 N–H and O–H groups in total. The predicted octanol–water partition coefficient (Wildman–Crippen LogP) is 2.05. The molecule has 0 spiro atoms. The minimum Gasteiger partial charge on any atom is -0.496 e. The van der Waals surface area contributed by atoms with Crippen LogP contribution in [-0.2, 0) is 6.42 Å². The van der Waals surface area contributed by atoms with Crippen LogP contribution in [0.1, 0.15) is 25.3 Å². The summed E-state index contributed by atoms with van der Waals surface area (Å²) in [7, 11) is 3.93. The summed E-state index contributed by atoms with van der Waals surface area (Å²) in [6.07, 6.45) is 3.47. The summed E-state index contributed by atoms with van der Waals surface area (Å²) in [6, 6.07) is 8.73. The molecule has 0 bridgehead atoms. The van der Waals surface area contributed by atoms with Gasteiger partial charge in [0.2, 0.25) is 0 Å². The fraction of sp³-hybridized carbons (Fsp3) is 0.600. The molecule has 0 amide bonds. The molecule has 0 heterocycles. The summed E-state index contributed by atoms with van der Waals surface area (Å²) in [4.78, 5) is 2.44. The van der Waals surface area contributed by atoms with Crippen molar-refractivity contribution in [1.82, 2.24) is 4.90 Å². The van der Waals surface area contributed by atoms with Crippen LogP contribution in [0.15, 0.2) is 24.3 Å². The molecule has 1 aliphatic carbocycles. The Labute approximate surface area is 110 Å². The van der Waals surface area contributed by atoms with E-state index in [4.69, 9.17) is 10.5 Å². The zero-order chi connectivity index (χ0) is 13.2. The Kier molecular flexibility index (Phi) is 3.93. The highest BCUT2D eigenvalue weighted by molar-refractivity contribution is 5.33. The van der Waals surface area contributed by atoms with Gasteiger partial charge in [-0.25, -0.2) is 0 Å². The van der Waals surface area contributed by atoms with Crippen LogP contribution < -0.4 is 10.5 Å². The topological polar surface area (TPSA) is 38.5 Å². The second-order valence-electron chi connectivity index (χ2n) is 5.40. The molecule has 1 aromatic carbocycles. The molecule has 0 aromatic heterocycles. The molecule has 1 unspecified atom stereocenters. The second-order valence-corrected chi connectivity index (χ2v) is 5.40. The summed E-state index contributed by atoms with van der Waals surface area (Å²) in [5.74, 6) is 0.982. The van der Waals surface area contributed by atoms with Crippen LogP contribution >= 0.6 is 0 Å². The predicted molar refractivity (Wildman–Crippen MR) is 74.9 cm³/mol. The highest BCUT2D eigenvalue weighted by Gasteiger charge is 2.46. The van der Waals surface area contributed by atoms with Crippen LogP contribution in [0.25, 0.3) is 0 Å². The zero-order valence-corrected chi connectivity index (χ0v) is 11.6. The first-order valence-electron chi connectivity index (χ1n) is 6.68. The molecule has 1 aliphatic rings. The number of rotatable bonds is 6. The third kappa shape index (κ3) is 2.52. The van der Waals surface area contributed by atoms with Crippen LogP contribution in [0.4, 0.5) is 0 Å². The summed E-state index contributed by atoms with van der Waals surface area (Å²) >= 11 is 0. The molecule has 100 valence electrons. The van der Waals surface area contributed by atoms with Crippen LogP contribution in [0.2, 0.25) is 0 Å². The number of hydrogen-bond donors (Lipinski definition) is 1. The molecule has 0 saturated heterocycles. The molecular weight excluding hydrogens is 224 g/mol. The third-order valence-electron chi connectivity index (χ3n) is 4.32. The van der Waals surface area contributed by atoms with Crippen molar-refractivity contribution in [2.45, 2.75) is 37.8 Å². The Hall–Kier alpha value is -1.06. The number of hydrogen-bond acceptors (Lipinski definition) is 3. The number of methoxy groups -OCH3 is 1. The average molecular weight is 248 g/mol. The van der Waals surface area contributed by atoms with Gasteiger partial charge in [0, 0.05) is 18.1 Å². The minimum absolute atomic E-state index is 0.265. The quantitative estimate of drug-likeness (QED) is 0.837. The van der Waals surface area contributed by atoms with Crippen LogP contribution in [-0.4, -0.2) is 37.2 Å². The van der Waals surface area contributed by atoms with E-state index in [2.05, 4.69) is 31.0 Å². The normalized spacial score (nSPS) is 18.7. The van der Waals surface area contributed by atoms with E-state index in [1.54, 1.807) is 7.11 Å². The number of nitrogens with two attached hydrogens (primary N) is 1. The Bertz CT molecular complexity index is 401. The lowest BCUT2D eigenvalue weighted by Crippen LogP contribution is -2.46. The smallest absolute Gasteiger partial charge is 0.122 e. The minimum atomic E-state index is 0.265. The second kappa shape index (κ2) is 5.29. The fourth-order valence-electron chi connectivity index (χ4n) is 2.64. The lowest BCUT2D eigenvalue weighted by atomic mass is 10.0. The van der Waals surface area contributed by atoms with Crippen molar-refractivity contribution in [3.63, 3.8) is 0 Å². The first-order valence-corrected chi connectivity index (χ1v) is 6.68. The third-order valence-corrected chi connectivity index (χ3v) is 4.32. The molecule has 3 heteroatoms. The van der Waals surface area contributed by atoms with E-state index in [0.717, 1.165) is 18.7 Å². The van der Waals surface area contributed by atoms with E-state index >= 15 is 0 Å². The molecule has 3 nitrogen and oxygen atoms in total. The number of para-hydroxylation sites is 1. The molecule has 1 saturated carbocycles. The van der Waals surface area contributed by atoms with Crippen molar-refractivity contribution < 1.29 is 4.74 Å². The number of ether oxygens (including phenoxy) is 1. The molecule has 0 aliphatic heterocycles. The van der Waals surface area contributed by atoms with Gasteiger partial charge in [-0.1, -0.05) is 18.2 Å². The van der Waals surface area contributed by atoms with Crippen molar-refractivity contribution in [3.05, 3.63) is 29.8 Å². The Balaban J connectivity index is 2.04. The largest absolute Gasteiger partial charge is 0.496 e. The lowest BCUT2D eigenvalue weighted by molar-refractivity contribution is 0.168. The summed E-state index contributed by atoms with van der Waals surface area (Å²) in [5.41, 5.74) is 7.43.